The second kappa shape index (κ2) is 7.15. The summed E-state index contributed by atoms with van der Waals surface area (Å²) in [5, 5.41) is 1.14. The highest BCUT2D eigenvalue weighted by atomic mass is 32.2. The second-order valence-corrected chi connectivity index (χ2v) is 6.46. The molecule has 6 nitrogen and oxygen atoms in total. The number of aromatic nitrogens is 2. The van der Waals surface area contributed by atoms with Crippen LogP contribution in [0.2, 0.25) is 0 Å². The van der Waals surface area contributed by atoms with E-state index in [0.29, 0.717) is 5.82 Å². The van der Waals surface area contributed by atoms with Crippen LogP contribution in [0.5, 0.6) is 0 Å². The third-order valence-corrected chi connectivity index (χ3v) is 3.86. The lowest BCUT2D eigenvalue weighted by Gasteiger charge is -2.11. The Bertz CT molecular complexity index is 743. The van der Waals surface area contributed by atoms with Crippen molar-refractivity contribution in [1.82, 2.24) is 14.7 Å². The fourth-order valence-electron chi connectivity index (χ4n) is 1.67. The lowest BCUT2D eigenvalue weighted by Crippen LogP contribution is -2.22. The minimum Gasteiger partial charge on any atom is -0.363 e. The van der Waals surface area contributed by atoms with E-state index in [9.17, 15) is 8.42 Å². The minimum absolute atomic E-state index is 0.0448. The van der Waals surface area contributed by atoms with E-state index in [1.165, 1.54) is 0 Å². The molecule has 7 heteroatoms. The Labute approximate surface area is 130 Å². The van der Waals surface area contributed by atoms with E-state index in [1.54, 1.807) is 18.3 Å². The number of nitrogens with zero attached hydrogens (tertiary/aromatic N) is 3. The Balaban J connectivity index is 2.01. The summed E-state index contributed by atoms with van der Waals surface area (Å²) >= 11 is 0. The van der Waals surface area contributed by atoms with Gasteiger partial charge in [0.25, 0.3) is 0 Å². The molecule has 2 aromatic rings. The van der Waals surface area contributed by atoms with Crippen molar-refractivity contribution in [2.75, 3.05) is 19.0 Å². The SMILES string of the molecule is CN(C)c1ccnc(CNS(=O)(=O)/C=C/c2ccccc2)n1. The smallest absolute Gasteiger partial charge is 0.234 e. The largest absolute Gasteiger partial charge is 0.363 e. The van der Waals surface area contributed by atoms with Gasteiger partial charge in [-0.15, -0.1) is 0 Å². The van der Waals surface area contributed by atoms with E-state index in [0.717, 1.165) is 16.8 Å². The first-order valence-electron chi connectivity index (χ1n) is 6.68. The van der Waals surface area contributed by atoms with Crippen molar-refractivity contribution in [3.05, 3.63) is 59.4 Å². The zero-order valence-corrected chi connectivity index (χ0v) is 13.3. The summed E-state index contributed by atoms with van der Waals surface area (Å²) in [5.74, 6) is 1.15. The molecule has 22 heavy (non-hydrogen) atoms. The first-order valence-corrected chi connectivity index (χ1v) is 8.23. The van der Waals surface area contributed by atoms with Crippen LogP contribution in [0.15, 0.2) is 48.0 Å². The highest BCUT2D eigenvalue weighted by Crippen LogP contribution is 2.06. The maximum atomic E-state index is 11.9. The number of rotatable bonds is 6. The van der Waals surface area contributed by atoms with Crippen LogP contribution in [0.25, 0.3) is 6.08 Å². The summed E-state index contributed by atoms with van der Waals surface area (Å²) in [6.45, 7) is 0.0448. The molecule has 0 aliphatic heterocycles. The molecule has 1 heterocycles. The molecule has 0 atom stereocenters. The molecule has 0 aliphatic carbocycles. The molecule has 0 unspecified atom stereocenters. The number of nitrogens with one attached hydrogen (secondary N) is 1. The number of benzene rings is 1. The summed E-state index contributed by atoms with van der Waals surface area (Å²) in [4.78, 5) is 10.1. The highest BCUT2D eigenvalue weighted by Gasteiger charge is 2.07. The first kappa shape index (κ1) is 16.1. The molecule has 0 radical (unpaired) electrons. The molecule has 0 fully saturated rings. The van der Waals surface area contributed by atoms with Gasteiger partial charge in [-0.05, 0) is 17.7 Å². The molecule has 1 N–H and O–H groups in total. The van der Waals surface area contributed by atoms with Gasteiger partial charge in [0.05, 0.1) is 6.54 Å². The van der Waals surface area contributed by atoms with Gasteiger partial charge in [-0.1, -0.05) is 30.3 Å². The number of hydrogen-bond acceptors (Lipinski definition) is 5. The molecule has 0 bridgehead atoms. The predicted molar refractivity (Wildman–Crippen MR) is 87.6 cm³/mol. The van der Waals surface area contributed by atoms with E-state index in [2.05, 4.69) is 14.7 Å². The Hall–Kier alpha value is -2.25. The summed E-state index contributed by atoms with van der Waals surface area (Å²) in [5.41, 5.74) is 0.818. The third-order valence-electron chi connectivity index (χ3n) is 2.82. The summed E-state index contributed by atoms with van der Waals surface area (Å²) in [6.07, 6.45) is 3.14. The molecule has 0 spiro atoms. The van der Waals surface area contributed by atoms with E-state index in [-0.39, 0.29) is 6.54 Å². The van der Waals surface area contributed by atoms with E-state index in [1.807, 2.05) is 49.3 Å². The number of anilines is 1. The van der Waals surface area contributed by atoms with Gasteiger partial charge in [-0.2, -0.15) is 0 Å². The normalized spacial score (nSPS) is 11.7. The van der Waals surface area contributed by atoms with Crippen LogP contribution in [0, 0.1) is 0 Å². The summed E-state index contributed by atoms with van der Waals surface area (Å²) in [7, 11) is 0.185. The van der Waals surface area contributed by atoms with Crippen LogP contribution in [0.1, 0.15) is 11.4 Å². The molecule has 0 saturated heterocycles. The Kier molecular flexibility index (Phi) is 5.24. The number of hydrogen-bond donors (Lipinski definition) is 1. The molecule has 0 aliphatic rings. The molecule has 1 aromatic carbocycles. The van der Waals surface area contributed by atoms with Crippen LogP contribution >= 0.6 is 0 Å². The molecule has 1 aromatic heterocycles. The summed E-state index contributed by atoms with van der Waals surface area (Å²) < 4.78 is 26.3. The van der Waals surface area contributed by atoms with Crippen molar-refractivity contribution in [2.45, 2.75) is 6.54 Å². The third kappa shape index (κ3) is 4.94. The standard InChI is InChI=1S/C15H18N4O2S/c1-19(2)15-8-10-16-14(18-15)12-17-22(20,21)11-9-13-6-4-3-5-7-13/h3-11,17H,12H2,1-2H3/b11-9+. The number of sulfonamides is 1. The van der Waals surface area contributed by atoms with Gasteiger partial charge in [0, 0.05) is 25.7 Å². The fourth-order valence-corrected chi connectivity index (χ4v) is 2.43. The average molecular weight is 318 g/mol. The predicted octanol–water partition coefficient (Wildman–Crippen LogP) is 1.63. The van der Waals surface area contributed by atoms with Gasteiger partial charge >= 0.3 is 0 Å². The van der Waals surface area contributed by atoms with E-state index in [4.69, 9.17) is 0 Å². The highest BCUT2D eigenvalue weighted by molar-refractivity contribution is 7.92. The topological polar surface area (TPSA) is 75.2 Å². The first-order chi connectivity index (χ1) is 10.5. The van der Waals surface area contributed by atoms with E-state index < -0.39 is 10.0 Å². The van der Waals surface area contributed by atoms with Crippen molar-refractivity contribution in [1.29, 1.82) is 0 Å². The maximum absolute atomic E-state index is 11.9. The van der Waals surface area contributed by atoms with Crippen LogP contribution in [-0.2, 0) is 16.6 Å². The lowest BCUT2D eigenvalue weighted by molar-refractivity contribution is 0.588. The zero-order valence-electron chi connectivity index (χ0n) is 12.5. The molecule has 0 saturated carbocycles. The summed E-state index contributed by atoms with van der Waals surface area (Å²) in [6, 6.07) is 11.0. The van der Waals surface area contributed by atoms with Crippen molar-refractivity contribution in [3.63, 3.8) is 0 Å². The fraction of sp³-hybridized carbons (Fsp3) is 0.200. The van der Waals surface area contributed by atoms with E-state index >= 15 is 0 Å². The molecular weight excluding hydrogens is 300 g/mol. The Morgan fingerprint density at radius 2 is 1.91 bits per heavy atom. The van der Waals surface area contributed by atoms with Crippen LogP contribution < -0.4 is 9.62 Å². The van der Waals surface area contributed by atoms with Gasteiger partial charge in [0.2, 0.25) is 10.0 Å². The quantitative estimate of drug-likeness (QED) is 0.876. The molecule has 2 rings (SSSR count). The Morgan fingerprint density at radius 3 is 2.59 bits per heavy atom. The van der Waals surface area contributed by atoms with Gasteiger partial charge in [-0.25, -0.2) is 23.1 Å². The zero-order chi connectivity index (χ0) is 16.0. The average Bonchev–Trinajstić information content (AvgIpc) is 2.53. The van der Waals surface area contributed by atoms with Crippen molar-refractivity contribution in [3.8, 4) is 0 Å². The van der Waals surface area contributed by atoms with Crippen molar-refractivity contribution in [2.24, 2.45) is 0 Å². The van der Waals surface area contributed by atoms with Gasteiger partial charge in [-0.3, -0.25) is 0 Å². The van der Waals surface area contributed by atoms with Gasteiger partial charge in [0.15, 0.2) is 0 Å². The second-order valence-electron chi connectivity index (χ2n) is 4.81. The monoisotopic (exact) mass is 318 g/mol. The van der Waals surface area contributed by atoms with Crippen molar-refractivity contribution >= 4 is 21.9 Å². The molecular formula is C15H18N4O2S. The maximum Gasteiger partial charge on any atom is 0.234 e. The van der Waals surface area contributed by atoms with Crippen LogP contribution in [0.3, 0.4) is 0 Å². The van der Waals surface area contributed by atoms with Crippen LogP contribution in [-0.4, -0.2) is 32.5 Å². The van der Waals surface area contributed by atoms with Crippen molar-refractivity contribution < 1.29 is 8.42 Å². The molecule has 116 valence electrons. The van der Waals surface area contributed by atoms with Gasteiger partial charge < -0.3 is 4.90 Å². The van der Waals surface area contributed by atoms with Crippen LogP contribution in [0.4, 0.5) is 5.82 Å². The van der Waals surface area contributed by atoms with Gasteiger partial charge in [0.1, 0.15) is 11.6 Å². The molecule has 0 amide bonds. The Morgan fingerprint density at radius 1 is 1.18 bits per heavy atom. The lowest BCUT2D eigenvalue weighted by atomic mass is 10.2. The minimum atomic E-state index is -3.54.